The van der Waals surface area contributed by atoms with Crippen molar-refractivity contribution in [1.29, 1.82) is 0 Å². The second-order valence-corrected chi connectivity index (χ2v) is 5.37. The maximum atomic E-state index is 13.0. The fourth-order valence-corrected chi connectivity index (χ4v) is 2.58. The summed E-state index contributed by atoms with van der Waals surface area (Å²) in [6.07, 6.45) is 0. The Bertz CT molecular complexity index is 905. The number of esters is 1. The molecule has 0 saturated carbocycles. The third-order valence-corrected chi connectivity index (χ3v) is 3.67. The number of fused-ring (bicyclic) bond motifs is 1. The topological polar surface area (TPSA) is 61.4 Å². The zero-order valence-corrected chi connectivity index (χ0v) is 13.3. The third-order valence-electron chi connectivity index (χ3n) is 3.67. The van der Waals surface area contributed by atoms with Gasteiger partial charge in [-0.3, -0.25) is 4.79 Å². The van der Waals surface area contributed by atoms with E-state index in [2.05, 4.69) is 0 Å². The molecule has 0 unspecified atom stereocenters. The number of rotatable bonds is 5. The van der Waals surface area contributed by atoms with E-state index < -0.39 is 11.8 Å². The van der Waals surface area contributed by atoms with Gasteiger partial charge in [0.2, 0.25) is 0 Å². The molecule has 2 aromatic heterocycles. The normalized spacial score (nSPS) is 11.0. The predicted octanol–water partition coefficient (Wildman–Crippen LogP) is 3.74. The van der Waals surface area contributed by atoms with E-state index in [0.29, 0.717) is 22.4 Å². The molecule has 124 valence electrons. The smallest absolute Gasteiger partial charge is 0.355 e. The van der Waals surface area contributed by atoms with E-state index in [1.165, 1.54) is 24.3 Å². The molecule has 0 aliphatic rings. The minimum atomic E-state index is -0.520. The van der Waals surface area contributed by atoms with E-state index in [-0.39, 0.29) is 24.6 Å². The van der Waals surface area contributed by atoms with Gasteiger partial charge in [-0.2, -0.15) is 0 Å². The zero-order chi connectivity index (χ0) is 17.3. The molecule has 0 aliphatic carbocycles. The molecule has 0 N–H and O–H groups in total. The second kappa shape index (κ2) is 6.31. The van der Waals surface area contributed by atoms with Crippen LogP contribution in [0.3, 0.4) is 0 Å². The fourth-order valence-electron chi connectivity index (χ4n) is 2.58. The van der Waals surface area contributed by atoms with Crippen LogP contribution in [0.4, 0.5) is 4.39 Å². The number of furan rings is 1. The van der Waals surface area contributed by atoms with Gasteiger partial charge in [0.15, 0.2) is 11.4 Å². The highest BCUT2D eigenvalue weighted by Gasteiger charge is 2.21. The molecule has 0 radical (unpaired) electrons. The van der Waals surface area contributed by atoms with E-state index in [1.54, 1.807) is 30.5 Å². The lowest BCUT2D eigenvalue weighted by Crippen LogP contribution is -2.17. The van der Waals surface area contributed by atoms with Crippen LogP contribution in [0.1, 0.15) is 33.5 Å². The lowest BCUT2D eigenvalue weighted by Gasteiger charge is -2.09. The number of ether oxygens (including phenoxy) is 1. The number of halogens is 1. The summed E-state index contributed by atoms with van der Waals surface area (Å²) in [5, 5.41) is 0. The summed E-state index contributed by atoms with van der Waals surface area (Å²) >= 11 is 0. The largest absolute Gasteiger partial charge is 0.461 e. The molecule has 0 atom stereocenters. The lowest BCUT2D eigenvalue weighted by molar-refractivity contribution is 0.0514. The second-order valence-electron chi connectivity index (χ2n) is 5.37. The van der Waals surface area contributed by atoms with Gasteiger partial charge in [-0.25, -0.2) is 9.18 Å². The van der Waals surface area contributed by atoms with Gasteiger partial charge in [0.05, 0.1) is 18.7 Å². The number of hydrogen-bond donors (Lipinski definition) is 0. The van der Waals surface area contributed by atoms with Gasteiger partial charge in [0.25, 0.3) is 0 Å². The first-order valence-corrected chi connectivity index (χ1v) is 7.55. The fraction of sp³-hybridized carbons (Fsp3) is 0.222. The molecule has 1 aromatic carbocycles. The molecule has 3 rings (SSSR count). The van der Waals surface area contributed by atoms with Crippen molar-refractivity contribution in [2.75, 3.05) is 6.61 Å². The van der Waals surface area contributed by atoms with Crippen molar-refractivity contribution >= 4 is 22.9 Å². The zero-order valence-electron chi connectivity index (χ0n) is 13.3. The number of hydrogen-bond acceptors (Lipinski definition) is 4. The van der Waals surface area contributed by atoms with Crippen molar-refractivity contribution < 1.29 is 23.1 Å². The number of carbonyl (C=O) groups is 2. The molecule has 6 heteroatoms. The summed E-state index contributed by atoms with van der Waals surface area (Å²) in [6.45, 7) is 3.66. The van der Waals surface area contributed by atoms with Crippen LogP contribution in [0.5, 0.6) is 0 Å². The van der Waals surface area contributed by atoms with E-state index in [4.69, 9.17) is 9.15 Å². The van der Waals surface area contributed by atoms with E-state index >= 15 is 0 Å². The Hall–Kier alpha value is -2.89. The number of aromatic nitrogens is 1. The summed E-state index contributed by atoms with van der Waals surface area (Å²) in [4.78, 5) is 24.6. The van der Waals surface area contributed by atoms with Crippen LogP contribution in [0.25, 0.3) is 11.1 Å². The van der Waals surface area contributed by atoms with Crippen molar-refractivity contribution in [2.24, 2.45) is 0 Å². The van der Waals surface area contributed by atoms with Gasteiger partial charge < -0.3 is 13.7 Å². The SMILES string of the molecule is CCOC(=O)c1cc2oc(C)cc2n1CC(=O)c1ccc(F)cc1. The van der Waals surface area contributed by atoms with Crippen molar-refractivity contribution in [1.82, 2.24) is 4.57 Å². The highest BCUT2D eigenvalue weighted by molar-refractivity contribution is 5.99. The Kier molecular flexibility index (Phi) is 4.20. The van der Waals surface area contributed by atoms with Crippen molar-refractivity contribution in [2.45, 2.75) is 20.4 Å². The average molecular weight is 329 g/mol. The van der Waals surface area contributed by atoms with Crippen LogP contribution in [-0.2, 0) is 11.3 Å². The minimum Gasteiger partial charge on any atom is -0.461 e. The summed E-state index contributed by atoms with van der Waals surface area (Å²) in [5.41, 5.74) is 1.78. The molecule has 0 saturated heterocycles. The quantitative estimate of drug-likeness (QED) is 0.528. The number of benzene rings is 1. The van der Waals surface area contributed by atoms with Crippen LogP contribution in [0, 0.1) is 12.7 Å². The molecular weight excluding hydrogens is 313 g/mol. The highest BCUT2D eigenvalue weighted by Crippen LogP contribution is 2.25. The molecular formula is C18H16FNO4. The molecule has 24 heavy (non-hydrogen) atoms. The third kappa shape index (κ3) is 2.95. The van der Waals surface area contributed by atoms with Crippen molar-refractivity contribution in [3.05, 3.63) is 59.2 Å². The lowest BCUT2D eigenvalue weighted by atomic mass is 10.1. The molecule has 0 spiro atoms. The molecule has 0 aliphatic heterocycles. The number of Topliss-reactive ketones (excluding diaryl/α,β-unsaturated/α-hetero) is 1. The Morgan fingerprint density at radius 1 is 1.21 bits per heavy atom. The molecule has 2 heterocycles. The first-order chi connectivity index (χ1) is 11.5. The summed E-state index contributed by atoms with van der Waals surface area (Å²) in [6, 6.07) is 8.62. The molecule has 0 bridgehead atoms. The number of aryl methyl sites for hydroxylation is 1. The van der Waals surface area contributed by atoms with Gasteiger partial charge >= 0.3 is 5.97 Å². The van der Waals surface area contributed by atoms with E-state index in [1.807, 2.05) is 0 Å². The first-order valence-electron chi connectivity index (χ1n) is 7.55. The van der Waals surface area contributed by atoms with E-state index in [9.17, 15) is 14.0 Å². The Labute approximate surface area is 137 Å². The number of carbonyl (C=O) groups excluding carboxylic acids is 2. The van der Waals surface area contributed by atoms with Gasteiger partial charge in [-0.15, -0.1) is 0 Å². The standard InChI is InChI=1S/C18H16FNO4/c1-3-23-18(22)15-9-17-14(8-11(2)24-17)20(15)10-16(21)12-4-6-13(19)7-5-12/h4-9H,3,10H2,1-2H3. The number of nitrogens with zero attached hydrogens (tertiary/aromatic N) is 1. The average Bonchev–Trinajstić information content (AvgIpc) is 3.05. The minimum absolute atomic E-state index is 0.0672. The maximum Gasteiger partial charge on any atom is 0.355 e. The van der Waals surface area contributed by atoms with E-state index in [0.717, 1.165) is 0 Å². The van der Waals surface area contributed by atoms with Crippen LogP contribution in [-0.4, -0.2) is 22.9 Å². The van der Waals surface area contributed by atoms with Crippen LogP contribution >= 0.6 is 0 Å². The molecule has 3 aromatic rings. The van der Waals surface area contributed by atoms with Crippen LogP contribution in [0.2, 0.25) is 0 Å². The van der Waals surface area contributed by atoms with Crippen molar-refractivity contribution in [3.63, 3.8) is 0 Å². The van der Waals surface area contributed by atoms with Gasteiger partial charge in [0.1, 0.15) is 17.3 Å². The predicted molar refractivity (Wildman–Crippen MR) is 85.6 cm³/mol. The molecule has 5 nitrogen and oxygen atoms in total. The number of ketones is 1. The Morgan fingerprint density at radius 3 is 2.58 bits per heavy atom. The summed E-state index contributed by atoms with van der Waals surface area (Å²) in [5.74, 6) is -0.490. The van der Waals surface area contributed by atoms with Crippen LogP contribution in [0.15, 0.2) is 40.8 Å². The Balaban J connectivity index is 1.99. The highest BCUT2D eigenvalue weighted by atomic mass is 19.1. The molecule has 0 amide bonds. The first kappa shape index (κ1) is 16.0. The van der Waals surface area contributed by atoms with Gasteiger partial charge in [-0.05, 0) is 38.1 Å². The van der Waals surface area contributed by atoms with Crippen molar-refractivity contribution in [3.8, 4) is 0 Å². The van der Waals surface area contributed by atoms with Gasteiger partial charge in [-0.1, -0.05) is 0 Å². The van der Waals surface area contributed by atoms with Crippen LogP contribution < -0.4 is 0 Å². The Morgan fingerprint density at radius 2 is 1.92 bits per heavy atom. The maximum absolute atomic E-state index is 13.0. The van der Waals surface area contributed by atoms with Gasteiger partial charge in [0, 0.05) is 17.7 Å². The molecule has 0 fully saturated rings. The monoisotopic (exact) mass is 329 g/mol. The summed E-state index contributed by atoms with van der Waals surface area (Å²) in [7, 11) is 0. The summed E-state index contributed by atoms with van der Waals surface area (Å²) < 4.78 is 25.1.